The minimum Gasteiger partial charge on any atom is -0.349 e. The Morgan fingerprint density at radius 1 is 1.06 bits per heavy atom. The molecule has 0 aliphatic heterocycles. The number of carbonyl (C=O) groups is 2. The van der Waals surface area contributed by atoms with E-state index in [-0.39, 0.29) is 11.8 Å². The lowest BCUT2D eigenvalue weighted by atomic mass is 10.1. The molecule has 1 saturated carbocycles. The van der Waals surface area contributed by atoms with E-state index in [0.717, 1.165) is 24.0 Å². The van der Waals surface area contributed by atoms with E-state index in [4.69, 9.17) is 10.8 Å². The van der Waals surface area contributed by atoms with Crippen molar-refractivity contribution in [3.8, 4) is 22.6 Å². The zero-order valence-corrected chi connectivity index (χ0v) is 17.4. The number of nitrogens with one attached hydrogen (secondary N) is 2. The van der Waals surface area contributed by atoms with Crippen molar-refractivity contribution in [2.45, 2.75) is 25.8 Å². The quantitative estimate of drug-likeness (QED) is 0.420. The molecule has 0 atom stereocenters. The zero-order valence-electron chi connectivity index (χ0n) is 17.4. The van der Waals surface area contributed by atoms with E-state index in [1.165, 1.54) is 17.9 Å². The normalized spacial score (nSPS) is 13.2. The summed E-state index contributed by atoms with van der Waals surface area (Å²) in [7, 11) is 0. The molecule has 4 N–H and O–H groups in total. The minimum absolute atomic E-state index is 0.0754. The number of nitrogens with two attached hydrogens (primary N) is 1. The second-order valence-corrected chi connectivity index (χ2v) is 7.81. The maximum atomic E-state index is 12.3. The number of aromatic nitrogens is 4. The number of nitrogens with zero attached hydrogens (tertiary/aromatic N) is 4. The lowest BCUT2D eigenvalue weighted by molar-refractivity contribution is -0.114. The summed E-state index contributed by atoms with van der Waals surface area (Å²) in [5.41, 5.74) is 4.40. The van der Waals surface area contributed by atoms with Gasteiger partial charge in [-0.15, -0.1) is 0 Å². The van der Waals surface area contributed by atoms with Gasteiger partial charge in [0, 0.05) is 35.3 Å². The fourth-order valence-corrected chi connectivity index (χ4v) is 3.46. The number of hydrogen-bond donors (Lipinski definition) is 3. The van der Waals surface area contributed by atoms with E-state index >= 15 is 0 Å². The number of carbonyl (C=O) groups excluding carboxylic acids is 2. The first-order chi connectivity index (χ1) is 15.5. The summed E-state index contributed by atoms with van der Waals surface area (Å²) in [4.78, 5) is 37.4. The molecule has 2 amide bonds. The number of amides is 2. The van der Waals surface area contributed by atoms with Crippen LogP contribution in [0, 0.1) is 0 Å². The molecular weight excluding hydrogens is 406 g/mol. The van der Waals surface area contributed by atoms with Gasteiger partial charge in [-0.05, 0) is 37.1 Å². The Bertz CT molecular complexity index is 1340. The Morgan fingerprint density at radius 2 is 1.84 bits per heavy atom. The fraction of sp³-hybridized carbons (Fsp3) is 0.174. The molecule has 2 heterocycles. The predicted octanol–water partition coefficient (Wildman–Crippen LogP) is 2.72. The number of fused-ring (bicyclic) bond motifs is 1. The summed E-state index contributed by atoms with van der Waals surface area (Å²) in [5, 5.41) is 5.75. The van der Waals surface area contributed by atoms with Crippen LogP contribution >= 0.6 is 0 Å². The van der Waals surface area contributed by atoms with E-state index in [1.807, 2.05) is 24.3 Å². The van der Waals surface area contributed by atoms with Crippen LogP contribution < -0.4 is 16.5 Å². The molecule has 1 fully saturated rings. The highest BCUT2D eigenvalue weighted by molar-refractivity contribution is 5.96. The molecule has 9 nitrogen and oxygen atoms in total. The maximum absolute atomic E-state index is 12.3. The van der Waals surface area contributed by atoms with Gasteiger partial charge in [0.2, 0.25) is 5.91 Å². The summed E-state index contributed by atoms with van der Waals surface area (Å²) in [5.74, 6) is 6.25. The molecule has 32 heavy (non-hydrogen) atoms. The minimum atomic E-state index is -0.162. The number of anilines is 1. The fourth-order valence-electron chi connectivity index (χ4n) is 3.46. The van der Waals surface area contributed by atoms with E-state index in [0.29, 0.717) is 40.0 Å². The van der Waals surface area contributed by atoms with Crippen LogP contribution in [0.15, 0.2) is 54.9 Å². The van der Waals surface area contributed by atoms with E-state index in [1.54, 1.807) is 24.3 Å². The van der Waals surface area contributed by atoms with Crippen molar-refractivity contribution in [3.63, 3.8) is 0 Å². The molecule has 0 saturated heterocycles. The molecule has 0 bridgehead atoms. The highest BCUT2D eigenvalue weighted by Crippen LogP contribution is 2.29. The standard InChI is InChI=1S/C23H21N7O2/c1-13(31)26-18-4-2-3-16(11-18)21-28-19(20-22(29-21)30(24)12-25-20)14-5-7-15(8-6-14)23(32)27-17-9-10-17/h2-8,11-12,17H,9-10,24H2,1H3,(H,26,31)(H,27,32). The van der Waals surface area contributed by atoms with Crippen LogP contribution in [0.1, 0.15) is 30.1 Å². The van der Waals surface area contributed by atoms with Crippen LogP contribution in [0.2, 0.25) is 0 Å². The Kier molecular flexibility index (Phi) is 4.78. The summed E-state index contributed by atoms with van der Waals surface area (Å²) in [6.07, 6.45) is 3.56. The zero-order chi connectivity index (χ0) is 22.2. The van der Waals surface area contributed by atoms with Gasteiger partial charge in [0.05, 0.1) is 0 Å². The van der Waals surface area contributed by atoms with Crippen molar-refractivity contribution >= 4 is 28.7 Å². The first-order valence-electron chi connectivity index (χ1n) is 10.3. The van der Waals surface area contributed by atoms with E-state index < -0.39 is 0 Å². The average molecular weight is 427 g/mol. The number of rotatable bonds is 5. The second kappa shape index (κ2) is 7.77. The molecule has 0 unspecified atom stereocenters. The topological polar surface area (TPSA) is 128 Å². The van der Waals surface area contributed by atoms with Crippen LogP contribution in [0.5, 0.6) is 0 Å². The van der Waals surface area contributed by atoms with Crippen LogP contribution in [0.4, 0.5) is 5.69 Å². The largest absolute Gasteiger partial charge is 0.349 e. The molecule has 0 spiro atoms. The third-order valence-corrected chi connectivity index (χ3v) is 5.20. The van der Waals surface area contributed by atoms with Gasteiger partial charge in [-0.3, -0.25) is 9.59 Å². The Hall–Kier alpha value is -4.27. The van der Waals surface area contributed by atoms with Crippen LogP contribution in [-0.2, 0) is 4.79 Å². The van der Waals surface area contributed by atoms with Crippen molar-refractivity contribution in [3.05, 3.63) is 60.4 Å². The van der Waals surface area contributed by atoms with Crippen molar-refractivity contribution in [2.24, 2.45) is 0 Å². The lowest BCUT2D eigenvalue weighted by Gasteiger charge is -2.09. The molecule has 4 aromatic rings. The number of imidazole rings is 1. The smallest absolute Gasteiger partial charge is 0.251 e. The van der Waals surface area contributed by atoms with Gasteiger partial charge in [-0.25, -0.2) is 19.6 Å². The van der Waals surface area contributed by atoms with Crippen molar-refractivity contribution in [1.29, 1.82) is 0 Å². The van der Waals surface area contributed by atoms with Crippen LogP contribution in [-0.4, -0.2) is 37.5 Å². The SMILES string of the molecule is CC(=O)Nc1cccc(-c2nc(-c3ccc(C(=O)NC4CC4)cc3)c3ncn(N)c3n2)c1. The first kappa shape index (κ1) is 19.7. The Morgan fingerprint density at radius 3 is 2.56 bits per heavy atom. The van der Waals surface area contributed by atoms with Gasteiger partial charge in [0.25, 0.3) is 5.91 Å². The van der Waals surface area contributed by atoms with Gasteiger partial charge in [-0.1, -0.05) is 24.3 Å². The van der Waals surface area contributed by atoms with Gasteiger partial charge in [0.15, 0.2) is 11.5 Å². The summed E-state index contributed by atoms with van der Waals surface area (Å²) >= 11 is 0. The second-order valence-electron chi connectivity index (χ2n) is 7.81. The van der Waals surface area contributed by atoms with Crippen molar-refractivity contribution < 1.29 is 9.59 Å². The van der Waals surface area contributed by atoms with Gasteiger partial charge < -0.3 is 16.5 Å². The monoisotopic (exact) mass is 427 g/mol. The molecule has 9 heteroatoms. The molecule has 0 radical (unpaired) electrons. The third-order valence-electron chi connectivity index (χ3n) is 5.20. The lowest BCUT2D eigenvalue weighted by Crippen LogP contribution is -2.25. The van der Waals surface area contributed by atoms with Gasteiger partial charge >= 0.3 is 0 Å². The molecular formula is C23H21N7O2. The molecule has 2 aromatic heterocycles. The molecule has 160 valence electrons. The van der Waals surface area contributed by atoms with Gasteiger partial charge in [-0.2, -0.15) is 0 Å². The summed E-state index contributed by atoms with van der Waals surface area (Å²) < 4.78 is 1.35. The van der Waals surface area contributed by atoms with Crippen LogP contribution in [0.3, 0.4) is 0 Å². The van der Waals surface area contributed by atoms with E-state index in [9.17, 15) is 9.59 Å². The molecule has 1 aliphatic carbocycles. The van der Waals surface area contributed by atoms with Crippen molar-refractivity contribution in [2.75, 3.05) is 11.2 Å². The number of hydrogen-bond acceptors (Lipinski definition) is 6. The van der Waals surface area contributed by atoms with Crippen LogP contribution in [0.25, 0.3) is 33.8 Å². The summed E-state index contributed by atoms with van der Waals surface area (Å²) in [6.45, 7) is 1.45. The average Bonchev–Trinajstić information content (AvgIpc) is 3.53. The molecule has 1 aliphatic rings. The maximum Gasteiger partial charge on any atom is 0.251 e. The van der Waals surface area contributed by atoms with E-state index in [2.05, 4.69) is 20.6 Å². The van der Waals surface area contributed by atoms with Gasteiger partial charge in [0.1, 0.15) is 17.5 Å². The molecule has 2 aromatic carbocycles. The highest BCUT2D eigenvalue weighted by atomic mass is 16.2. The number of nitrogen functional groups attached to an aromatic ring is 1. The molecule has 5 rings (SSSR count). The third kappa shape index (κ3) is 3.87. The summed E-state index contributed by atoms with van der Waals surface area (Å²) in [6, 6.07) is 14.8. The predicted molar refractivity (Wildman–Crippen MR) is 121 cm³/mol. The van der Waals surface area contributed by atoms with Crippen molar-refractivity contribution in [1.82, 2.24) is 24.9 Å². The Labute approximate surface area is 183 Å². The highest BCUT2D eigenvalue weighted by Gasteiger charge is 2.24. The Balaban J connectivity index is 1.56. The number of benzene rings is 2. The first-order valence-corrected chi connectivity index (χ1v) is 10.3.